The summed E-state index contributed by atoms with van der Waals surface area (Å²) in [6.45, 7) is 10.2. The number of carbonyl (C=O) groups excluding carboxylic acids is 4. The van der Waals surface area contributed by atoms with E-state index in [2.05, 4.69) is 25.8 Å². The van der Waals surface area contributed by atoms with Crippen LogP contribution in [0, 0.1) is 5.82 Å². The van der Waals surface area contributed by atoms with Crippen molar-refractivity contribution in [3.63, 3.8) is 0 Å². The van der Waals surface area contributed by atoms with Crippen LogP contribution in [-0.2, 0) is 30.5 Å². The van der Waals surface area contributed by atoms with Crippen molar-refractivity contribution < 1.29 is 33.0 Å². The molecule has 1 unspecified atom stereocenters. The molecule has 1 saturated heterocycles. The number of benzene rings is 3. The van der Waals surface area contributed by atoms with Gasteiger partial charge in [0.2, 0.25) is 11.8 Å². The largest absolute Gasteiger partial charge is 0.444 e. The maximum atomic E-state index is 14.1. The molecule has 54 heavy (non-hydrogen) atoms. The van der Waals surface area contributed by atoms with E-state index in [-0.39, 0.29) is 30.8 Å². The molecule has 1 aromatic heterocycles. The van der Waals surface area contributed by atoms with E-state index in [1.165, 1.54) is 32.3 Å². The van der Waals surface area contributed by atoms with E-state index in [0.717, 1.165) is 16.8 Å². The molecule has 0 bridgehead atoms. The second kappa shape index (κ2) is 17.4. The Hall–Kier alpha value is -5.76. The normalized spacial score (nSPS) is 14.5. The predicted octanol–water partition coefficient (Wildman–Crippen LogP) is 4.90. The third-order valence-corrected chi connectivity index (χ3v) is 8.68. The number of amides is 4. The van der Waals surface area contributed by atoms with Crippen LogP contribution >= 0.6 is 0 Å². The maximum absolute atomic E-state index is 14.1. The van der Waals surface area contributed by atoms with E-state index in [1.54, 1.807) is 48.6 Å². The molecule has 3 N–H and O–H groups in total. The fourth-order valence-corrected chi connectivity index (χ4v) is 5.85. The summed E-state index contributed by atoms with van der Waals surface area (Å²) in [5.41, 5.74) is 0.272. The molecule has 1 aliphatic heterocycles. The van der Waals surface area contributed by atoms with Crippen LogP contribution in [0.15, 0.2) is 97.5 Å². The van der Waals surface area contributed by atoms with Crippen molar-refractivity contribution in [2.24, 2.45) is 0 Å². The van der Waals surface area contributed by atoms with Gasteiger partial charge in [-0.2, -0.15) is 0 Å². The molecule has 286 valence electrons. The number of imidazole rings is 1. The van der Waals surface area contributed by atoms with Crippen molar-refractivity contribution in [2.75, 3.05) is 43.0 Å². The Kier molecular flexibility index (Phi) is 12.7. The van der Waals surface area contributed by atoms with Crippen LogP contribution in [0.4, 0.5) is 20.7 Å². The van der Waals surface area contributed by atoms with E-state index in [1.807, 2.05) is 60.7 Å². The number of piperazine rings is 1. The molecule has 5 rings (SSSR count). The highest BCUT2D eigenvalue weighted by Crippen LogP contribution is 2.25. The van der Waals surface area contributed by atoms with Crippen molar-refractivity contribution >= 4 is 35.3 Å². The number of rotatable bonds is 13. The van der Waals surface area contributed by atoms with Gasteiger partial charge in [-0.05, 0) is 70.0 Å². The number of hydrogen-bond donors (Lipinski definition) is 3. The van der Waals surface area contributed by atoms with Gasteiger partial charge in [0.25, 0.3) is 5.91 Å². The van der Waals surface area contributed by atoms with E-state index in [9.17, 15) is 23.6 Å². The number of halogens is 1. The molecule has 0 aliphatic carbocycles. The first-order chi connectivity index (χ1) is 25.7. The number of ether oxygens (including phenoxy) is 2. The van der Waals surface area contributed by atoms with E-state index in [0.29, 0.717) is 26.2 Å². The molecule has 14 heteroatoms. The van der Waals surface area contributed by atoms with Crippen LogP contribution in [-0.4, -0.2) is 88.2 Å². The minimum Gasteiger partial charge on any atom is -0.444 e. The van der Waals surface area contributed by atoms with Gasteiger partial charge in [0.15, 0.2) is 5.82 Å². The zero-order valence-electron chi connectivity index (χ0n) is 31.3. The fourth-order valence-electron chi connectivity index (χ4n) is 5.85. The summed E-state index contributed by atoms with van der Waals surface area (Å²) >= 11 is 0. The minimum absolute atomic E-state index is 0.144. The molecule has 0 saturated carbocycles. The van der Waals surface area contributed by atoms with Gasteiger partial charge in [0.1, 0.15) is 29.0 Å². The predicted molar refractivity (Wildman–Crippen MR) is 202 cm³/mol. The molecule has 4 amide bonds. The van der Waals surface area contributed by atoms with E-state index in [4.69, 9.17) is 9.47 Å². The SMILES string of the molecule is CC(C)(C)OC(=O)NC(C)(C)C(=O)N[C@H](COCc1ccccc1)C(=O)Nc1cn(C(C(=O)N2CCN(c3ccc(F)cc3)CC2)c2ccccc2)cn1. The van der Waals surface area contributed by atoms with Crippen LogP contribution in [0.5, 0.6) is 0 Å². The molecule has 0 spiro atoms. The van der Waals surface area contributed by atoms with Crippen molar-refractivity contribution in [3.05, 3.63) is 114 Å². The monoisotopic (exact) mass is 741 g/mol. The van der Waals surface area contributed by atoms with Crippen LogP contribution in [0.2, 0.25) is 0 Å². The number of nitrogens with zero attached hydrogens (tertiary/aromatic N) is 4. The summed E-state index contributed by atoms with van der Waals surface area (Å²) in [5, 5.41) is 8.02. The second-order valence-corrected chi connectivity index (χ2v) is 14.6. The van der Waals surface area contributed by atoms with Gasteiger partial charge in [-0.15, -0.1) is 0 Å². The first-order valence-corrected chi connectivity index (χ1v) is 17.8. The number of alkyl carbamates (subject to hydrolysis) is 1. The number of hydrogen-bond acceptors (Lipinski definition) is 8. The second-order valence-electron chi connectivity index (χ2n) is 14.6. The van der Waals surface area contributed by atoms with Crippen molar-refractivity contribution in [1.29, 1.82) is 0 Å². The Bertz CT molecular complexity index is 1870. The van der Waals surface area contributed by atoms with Gasteiger partial charge in [-0.1, -0.05) is 60.7 Å². The highest BCUT2D eigenvalue weighted by atomic mass is 19.1. The molecule has 1 fully saturated rings. The van der Waals surface area contributed by atoms with E-state index >= 15 is 0 Å². The third-order valence-electron chi connectivity index (χ3n) is 8.68. The molecule has 1 aliphatic rings. The summed E-state index contributed by atoms with van der Waals surface area (Å²) in [7, 11) is 0. The van der Waals surface area contributed by atoms with Crippen LogP contribution in [0.1, 0.15) is 51.8 Å². The average Bonchev–Trinajstić information content (AvgIpc) is 3.58. The van der Waals surface area contributed by atoms with Crippen molar-refractivity contribution in [3.8, 4) is 0 Å². The lowest BCUT2D eigenvalue weighted by molar-refractivity contribution is -0.134. The summed E-state index contributed by atoms with van der Waals surface area (Å²) in [5.74, 6) is -1.55. The van der Waals surface area contributed by atoms with Gasteiger partial charge in [0, 0.05) is 38.1 Å². The lowest BCUT2D eigenvalue weighted by atomic mass is 10.0. The lowest BCUT2D eigenvalue weighted by Crippen LogP contribution is -2.59. The number of aromatic nitrogens is 2. The Balaban J connectivity index is 1.29. The smallest absolute Gasteiger partial charge is 0.408 e. The average molecular weight is 742 g/mol. The summed E-state index contributed by atoms with van der Waals surface area (Å²) in [6.07, 6.45) is 2.26. The molecule has 13 nitrogen and oxygen atoms in total. The van der Waals surface area contributed by atoms with E-state index < -0.39 is 41.1 Å². The quantitative estimate of drug-likeness (QED) is 0.175. The minimum atomic E-state index is -1.45. The van der Waals surface area contributed by atoms with Gasteiger partial charge in [0.05, 0.1) is 19.5 Å². The molecular formula is C40H48FN7O6. The third kappa shape index (κ3) is 10.9. The topological polar surface area (TPSA) is 147 Å². The summed E-state index contributed by atoms with van der Waals surface area (Å²) < 4.78 is 26.3. The lowest BCUT2D eigenvalue weighted by Gasteiger charge is -2.37. The Morgan fingerprint density at radius 1 is 0.852 bits per heavy atom. The summed E-state index contributed by atoms with van der Waals surface area (Å²) in [6, 6.07) is 23.0. The molecule has 2 atom stereocenters. The number of nitrogens with one attached hydrogen (secondary N) is 3. The van der Waals surface area contributed by atoms with Crippen LogP contribution in [0.3, 0.4) is 0 Å². The highest BCUT2D eigenvalue weighted by molar-refractivity contribution is 5.98. The molecule has 2 heterocycles. The first kappa shape index (κ1) is 39.4. The zero-order chi connectivity index (χ0) is 38.9. The number of anilines is 2. The Morgan fingerprint density at radius 2 is 1.48 bits per heavy atom. The molecule has 3 aromatic carbocycles. The zero-order valence-corrected chi connectivity index (χ0v) is 31.3. The van der Waals surface area contributed by atoms with Crippen molar-refractivity contribution in [1.82, 2.24) is 25.1 Å². The first-order valence-electron chi connectivity index (χ1n) is 17.8. The molecular weight excluding hydrogens is 693 g/mol. The van der Waals surface area contributed by atoms with Crippen molar-refractivity contribution in [2.45, 2.75) is 64.4 Å². The van der Waals surface area contributed by atoms with Crippen LogP contribution in [0.25, 0.3) is 0 Å². The Labute approximate surface area is 314 Å². The maximum Gasteiger partial charge on any atom is 0.408 e. The summed E-state index contributed by atoms with van der Waals surface area (Å²) in [4.78, 5) is 62.2. The Morgan fingerprint density at radius 3 is 2.11 bits per heavy atom. The van der Waals surface area contributed by atoms with Gasteiger partial charge < -0.3 is 39.8 Å². The van der Waals surface area contributed by atoms with Gasteiger partial charge in [-0.3, -0.25) is 14.4 Å². The van der Waals surface area contributed by atoms with Gasteiger partial charge in [-0.25, -0.2) is 14.2 Å². The molecule has 0 radical (unpaired) electrons. The van der Waals surface area contributed by atoms with Crippen LogP contribution < -0.4 is 20.9 Å². The number of carbonyl (C=O) groups is 4. The van der Waals surface area contributed by atoms with Gasteiger partial charge >= 0.3 is 6.09 Å². The molecule has 4 aromatic rings. The fraction of sp³-hybridized carbons (Fsp3) is 0.375. The standard InChI is InChI=1S/C40H48FN7O6/c1-39(2,3)54-38(52)45-40(4,5)37(51)43-32(26-53-25-28-12-8-6-9-13-28)35(49)44-33-24-48(27-42-33)34(29-14-10-7-11-15-29)36(50)47-22-20-46(21-23-47)31-18-16-30(41)17-19-31/h6-19,24,27,32,34H,20-23,25-26H2,1-5H3,(H,43,51)(H,44,49)(H,45,52)/t32-,34?/m1/s1. The highest BCUT2D eigenvalue weighted by Gasteiger charge is 2.35.